The second kappa shape index (κ2) is 6.18. The lowest BCUT2D eigenvalue weighted by Crippen LogP contribution is -2.32. The van der Waals surface area contributed by atoms with Crippen molar-refractivity contribution in [2.75, 3.05) is 19.8 Å². The minimum absolute atomic E-state index is 0.0433. The third-order valence-electron chi connectivity index (χ3n) is 2.07. The fourth-order valence-corrected chi connectivity index (χ4v) is 1.36. The number of hydrogen-bond donors (Lipinski definition) is 1. The number of carbonyl (C=O) groups excluding carboxylic acids is 1. The average molecular weight is 218 g/mol. The van der Waals surface area contributed by atoms with E-state index in [0.717, 1.165) is 19.4 Å². The van der Waals surface area contributed by atoms with Crippen molar-refractivity contribution in [3.05, 3.63) is 10.1 Å². The van der Waals surface area contributed by atoms with Crippen LogP contribution < -0.4 is 5.32 Å². The highest BCUT2D eigenvalue weighted by atomic mass is 16.9. The topological polar surface area (TPSA) is 90.7 Å². The number of carbonyl (C=O) groups is 1. The van der Waals surface area contributed by atoms with Crippen LogP contribution in [0.1, 0.15) is 19.3 Å². The summed E-state index contributed by atoms with van der Waals surface area (Å²) in [6, 6.07) is -0.207. The predicted molar refractivity (Wildman–Crippen MR) is 49.5 cm³/mol. The first-order chi connectivity index (χ1) is 7.20. The molecule has 0 amide bonds. The van der Waals surface area contributed by atoms with Gasteiger partial charge in [0.15, 0.2) is 0 Å². The van der Waals surface area contributed by atoms with Crippen molar-refractivity contribution < 1.29 is 19.5 Å². The van der Waals surface area contributed by atoms with Gasteiger partial charge >= 0.3 is 5.97 Å². The second-order valence-electron chi connectivity index (χ2n) is 3.23. The molecule has 1 rings (SSSR count). The van der Waals surface area contributed by atoms with E-state index in [1.165, 1.54) is 0 Å². The van der Waals surface area contributed by atoms with Gasteiger partial charge in [-0.1, -0.05) is 0 Å². The van der Waals surface area contributed by atoms with Crippen molar-refractivity contribution in [2.24, 2.45) is 0 Å². The molecule has 0 aliphatic carbocycles. The fourth-order valence-electron chi connectivity index (χ4n) is 1.36. The van der Waals surface area contributed by atoms with E-state index in [9.17, 15) is 14.9 Å². The summed E-state index contributed by atoms with van der Waals surface area (Å²) < 4.78 is 4.90. The lowest BCUT2D eigenvalue weighted by molar-refractivity contribution is -0.757. The van der Waals surface area contributed by atoms with E-state index in [-0.39, 0.29) is 25.2 Å². The fraction of sp³-hybridized carbons (Fsp3) is 0.875. The summed E-state index contributed by atoms with van der Waals surface area (Å²) >= 11 is 0. The number of rotatable bonds is 6. The first-order valence-corrected chi connectivity index (χ1v) is 4.87. The van der Waals surface area contributed by atoms with Crippen molar-refractivity contribution in [1.29, 1.82) is 0 Å². The Morgan fingerprint density at radius 2 is 2.33 bits per heavy atom. The maximum atomic E-state index is 11.3. The Balaban J connectivity index is 1.99. The van der Waals surface area contributed by atoms with Gasteiger partial charge in [-0.3, -0.25) is 4.79 Å². The molecule has 86 valence electrons. The van der Waals surface area contributed by atoms with Gasteiger partial charge in [-0.15, -0.1) is 10.1 Å². The van der Waals surface area contributed by atoms with E-state index in [0.29, 0.717) is 6.42 Å². The van der Waals surface area contributed by atoms with Gasteiger partial charge in [0.25, 0.3) is 5.09 Å². The summed E-state index contributed by atoms with van der Waals surface area (Å²) in [6.45, 7) is 0.952. The first-order valence-electron chi connectivity index (χ1n) is 4.87. The first kappa shape index (κ1) is 11.7. The zero-order valence-electron chi connectivity index (χ0n) is 8.31. The van der Waals surface area contributed by atoms with Crippen LogP contribution in [0.3, 0.4) is 0 Å². The highest BCUT2D eigenvalue weighted by Crippen LogP contribution is 2.06. The lowest BCUT2D eigenvalue weighted by atomic mass is 10.2. The summed E-state index contributed by atoms with van der Waals surface area (Å²) in [5, 5.41) is 11.9. The molecule has 0 radical (unpaired) electrons. The van der Waals surface area contributed by atoms with Crippen LogP contribution in [0.25, 0.3) is 0 Å². The van der Waals surface area contributed by atoms with Crippen molar-refractivity contribution in [3.63, 3.8) is 0 Å². The van der Waals surface area contributed by atoms with Crippen LogP contribution in [-0.2, 0) is 14.4 Å². The van der Waals surface area contributed by atoms with E-state index in [4.69, 9.17) is 4.74 Å². The smallest absolute Gasteiger partial charge is 0.323 e. The van der Waals surface area contributed by atoms with Crippen LogP contribution in [0.4, 0.5) is 0 Å². The molecule has 0 aromatic heterocycles. The third-order valence-corrected chi connectivity index (χ3v) is 2.07. The van der Waals surface area contributed by atoms with Crippen molar-refractivity contribution in [3.8, 4) is 0 Å². The normalized spacial score (nSPS) is 19.9. The van der Waals surface area contributed by atoms with E-state index in [1.54, 1.807) is 0 Å². The van der Waals surface area contributed by atoms with E-state index >= 15 is 0 Å². The molecule has 7 heteroatoms. The molecule has 15 heavy (non-hydrogen) atoms. The minimum Gasteiger partial charge on any atom is -0.464 e. The molecule has 0 saturated carbocycles. The van der Waals surface area contributed by atoms with Crippen molar-refractivity contribution >= 4 is 5.97 Å². The summed E-state index contributed by atoms with van der Waals surface area (Å²) in [4.78, 5) is 25.1. The van der Waals surface area contributed by atoms with Crippen LogP contribution >= 0.6 is 0 Å². The molecule has 0 aromatic carbocycles. The van der Waals surface area contributed by atoms with Crippen LogP contribution in [0.5, 0.6) is 0 Å². The Bertz CT molecular complexity index is 227. The van der Waals surface area contributed by atoms with Gasteiger partial charge in [0, 0.05) is 6.42 Å². The van der Waals surface area contributed by atoms with Gasteiger partial charge < -0.3 is 14.9 Å². The average Bonchev–Trinajstić information content (AvgIpc) is 2.69. The SMILES string of the molecule is O=C(OCCCO[N+](=O)[O-])[C@@H]1CCCN1. The van der Waals surface area contributed by atoms with Crippen molar-refractivity contribution in [2.45, 2.75) is 25.3 Å². The van der Waals surface area contributed by atoms with Gasteiger partial charge in [-0.2, -0.15) is 0 Å². The summed E-state index contributed by atoms with van der Waals surface area (Å²) in [6.07, 6.45) is 2.11. The maximum absolute atomic E-state index is 11.3. The zero-order valence-corrected chi connectivity index (χ0v) is 8.31. The number of hydrogen-bond acceptors (Lipinski definition) is 6. The maximum Gasteiger partial charge on any atom is 0.323 e. The highest BCUT2D eigenvalue weighted by Gasteiger charge is 2.22. The molecule has 1 saturated heterocycles. The molecule has 1 heterocycles. The summed E-state index contributed by atoms with van der Waals surface area (Å²) in [7, 11) is 0. The van der Waals surface area contributed by atoms with E-state index in [1.807, 2.05) is 0 Å². The van der Waals surface area contributed by atoms with Gasteiger partial charge in [0.05, 0.1) is 13.2 Å². The Morgan fingerprint density at radius 3 is 2.93 bits per heavy atom. The minimum atomic E-state index is -0.861. The Hall–Kier alpha value is -1.37. The quantitative estimate of drug-likeness (QED) is 0.289. The Morgan fingerprint density at radius 1 is 1.53 bits per heavy atom. The van der Waals surface area contributed by atoms with Gasteiger partial charge in [-0.25, -0.2) is 0 Å². The molecule has 1 atom stereocenters. The van der Waals surface area contributed by atoms with Gasteiger partial charge in [-0.05, 0) is 19.4 Å². The summed E-state index contributed by atoms with van der Waals surface area (Å²) in [5.74, 6) is -0.284. The lowest BCUT2D eigenvalue weighted by Gasteiger charge is -2.09. The summed E-state index contributed by atoms with van der Waals surface area (Å²) in [5.41, 5.74) is 0. The Kier molecular flexibility index (Phi) is 4.82. The number of ether oxygens (including phenoxy) is 1. The van der Waals surface area contributed by atoms with Crippen LogP contribution in [-0.4, -0.2) is 36.9 Å². The molecule has 1 N–H and O–H groups in total. The van der Waals surface area contributed by atoms with E-state index < -0.39 is 5.09 Å². The van der Waals surface area contributed by atoms with Gasteiger partial charge in [0.1, 0.15) is 6.04 Å². The standard InChI is InChI=1S/C8H14N2O5/c11-8(7-3-1-4-9-7)14-5-2-6-15-10(12)13/h7,9H,1-6H2/t7-/m0/s1. The largest absolute Gasteiger partial charge is 0.464 e. The molecule has 1 aliphatic rings. The van der Waals surface area contributed by atoms with Gasteiger partial charge in [0.2, 0.25) is 0 Å². The predicted octanol–water partition coefficient (Wildman–Crippen LogP) is -0.120. The second-order valence-corrected chi connectivity index (χ2v) is 3.23. The number of esters is 1. The molecule has 0 spiro atoms. The molecule has 0 aromatic rings. The van der Waals surface area contributed by atoms with Crippen LogP contribution in [0.15, 0.2) is 0 Å². The van der Waals surface area contributed by atoms with Crippen molar-refractivity contribution in [1.82, 2.24) is 5.32 Å². The molecule has 7 nitrogen and oxygen atoms in total. The number of nitrogens with one attached hydrogen (secondary N) is 1. The molecular weight excluding hydrogens is 204 g/mol. The van der Waals surface area contributed by atoms with Crippen LogP contribution in [0.2, 0.25) is 0 Å². The molecular formula is C8H14N2O5. The molecule has 0 bridgehead atoms. The molecule has 0 unspecified atom stereocenters. The van der Waals surface area contributed by atoms with E-state index in [2.05, 4.69) is 10.2 Å². The third kappa shape index (κ3) is 4.59. The number of nitrogens with zero attached hydrogens (tertiary/aromatic N) is 1. The Labute approximate surface area is 86.8 Å². The monoisotopic (exact) mass is 218 g/mol. The molecule has 1 aliphatic heterocycles. The molecule has 1 fully saturated rings. The highest BCUT2D eigenvalue weighted by molar-refractivity contribution is 5.76. The van der Waals surface area contributed by atoms with Crippen LogP contribution in [0, 0.1) is 10.1 Å². The zero-order chi connectivity index (χ0) is 11.1.